The minimum absolute atomic E-state index is 0.306. The second-order valence-electron chi connectivity index (χ2n) is 8.75. The van der Waals surface area contributed by atoms with Crippen molar-refractivity contribution in [3.05, 3.63) is 53.7 Å². The summed E-state index contributed by atoms with van der Waals surface area (Å²) in [6.45, 7) is 8.00. The Morgan fingerprint density at radius 2 is 1.91 bits per heavy atom. The highest BCUT2D eigenvalue weighted by molar-refractivity contribution is 6.02. The number of rotatable bonds is 4. The normalized spacial score (nSPS) is 17.7. The summed E-state index contributed by atoms with van der Waals surface area (Å²) in [6.07, 6.45) is 4.41. The van der Waals surface area contributed by atoms with Crippen LogP contribution in [0.15, 0.2) is 36.7 Å². The van der Waals surface area contributed by atoms with E-state index < -0.39 is 0 Å². The van der Waals surface area contributed by atoms with E-state index in [0.717, 1.165) is 41.8 Å². The van der Waals surface area contributed by atoms with Gasteiger partial charge in [-0.05, 0) is 32.9 Å². The summed E-state index contributed by atoms with van der Waals surface area (Å²) in [7, 11) is 3.32. The van der Waals surface area contributed by atoms with E-state index in [1.54, 1.807) is 31.0 Å². The molecular formula is C25H30FN7O2. The first-order valence-corrected chi connectivity index (χ1v) is 11.5. The number of halogens is 1. The van der Waals surface area contributed by atoms with Crippen LogP contribution < -0.4 is 20.3 Å². The molecule has 10 heteroatoms. The first-order valence-electron chi connectivity index (χ1n) is 11.5. The molecule has 9 nitrogen and oxygen atoms in total. The zero-order chi connectivity index (χ0) is 25.1. The number of aldehydes is 1. The van der Waals surface area contributed by atoms with Gasteiger partial charge in [-0.3, -0.25) is 4.79 Å². The van der Waals surface area contributed by atoms with Crippen molar-refractivity contribution in [2.75, 3.05) is 37.5 Å². The van der Waals surface area contributed by atoms with Crippen molar-refractivity contribution < 1.29 is 13.9 Å². The lowest BCUT2D eigenvalue weighted by Crippen LogP contribution is -2.54. The number of carbonyl (C=O) groups is 1. The van der Waals surface area contributed by atoms with Crippen molar-refractivity contribution >= 4 is 34.2 Å². The molecular weight excluding hydrogens is 449 g/mol. The van der Waals surface area contributed by atoms with Crippen molar-refractivity contribution in [3.63, 3.8) is 0 Å². The second kappa shape index (κ2) is 10.2. The van der Waals surface area contributed by atoms with E-state index in [9.17, 15) is 9.18 Å². The number of fused-ring (bicyclic) bond motifs is 2. The van der Waals surface area contributed by atoms with Crippen LogP contribution in [0.2, 0.25) is 0 Å². The van der Waals surface area contributed by atoms with Crippen molar-refractivity contribution in [2.24, 2.45) is 0 Å². The fraction of sp³-hybridized carbons (Fsp3) is 0.360. The third-order valence-electron chi connectivity index (χ3n) is 5.89. The molecule has 2 atom stereocenters. The summed E-state index contributed by atoms with van der Waals surface area (Å²) in [5.41, 5.74) is 4.15. The van der Waals surface area contributed by atoms with Gasteiger partial charge in [-0.25, -0.2) is 9.37 Å². The Morgan fingerprint density at radius 1 is 1.17 bits per heavy atom. The number of nitrogens with one attached hydrogen (secondary N) is 2. The average molecular weight is 480 g/mol. The standard InChI is InChI=1S/C16H20N4O2.C9H10FN3/c1-10-7-20(8-11(2)17-10)14-5-4-12(9-21)16-13(14)6-15(22-3)18-19-16;1-6-4-13-5-7(11-2)3-8(10)9(13)12-6/h4-6,9-11,17H,7-8H2,1-3H3;3-5,11H,1-2H3. The first kappa shape index (κ1) is 24.3. The first-order chi connectivity index (χ1) is 16.8. The van der Waals surface area contributed by atoms with Gasteiger partial charge in [0, 0.05) is 73.4 Å². The SMILES string of the molecule is CNc1cc(F)c2nc(C)cn2c1.COc1cc2c(N3CC(C)NC(C)C3)ccc(C=O)c2nn1. The minimum atomic E-state index is -0.306. The maximum Gasteiger partial charge on any atom is 0.233 e. The molecule has 5 rings (SSSR count). The molecule has 0 aliphatic carbocycles. The second-order valence-corrected chi connectivity index (χ2v) is 8.75. The molecule has 0 spiro atoms. The molecule has 35 heavy (non-hydrogen) atoms. The van der Waals surface area contributed by atoms with E-state index in [1.807, 2.05) is 25.1 Å². The third-order valence-corrected chi connectivity index (χ3v) is 5.89. The lowest BCUT2D eigenvalue weighted by molar-refractivity contribution is 0.112. The minimum Gasteiger partial charge on any atom is -0.480 e. The highest BCUT2D eigenvalue weighted by Crippen LogP contribution is 2.30. The van der Waals surface area contributed by atoms with Crippen LogP contribution >= 0.6 is 0 Å². The van der Waals surface area contributed by atoms with Gasteiger partial charge in [0.2, 0.25) is 5.88 Å². The van der Waals surface area contributed by atoms with Gasteiger partial charge in [0.15, 0.2) is 17.8 Å². The monoisotopic (exact) mass is 479 g/mol. The predicted molar refractivity (Wildman–Crippen MR) is 135 cm³/mol. The fourth-order valence-electron chi connectivity index (χ4n) is 4.43. The number of aromatic nitrogens is 4. The summed E-state index contributed by atoms with van der Waals surface area (Å²) in [5, 5.41) is 15.5. The van der Waals surface area contributed by atoms with E-state index in [4.69, 9.17) is 4.74 Å². The number of methoxy groups -OCH3 is 1. The molecule has 0 saturated carbocycles. The van der Waals surface area contributed by atoms with Gasteiger partial charge in [0.1, 0.15) is 5.52 Å². The molecule has 4 aromatic rings. The number of carbonyl (C=O) groups excluding carboxylic acids is 1. The van der Waals surface area contributed by atoms with E-state index in [-0.39, 0.29) is 5.82 Å². The third kappa shape index (κ3) is 5.17. The smallest absolute Gasteiger partial charge is 0.233 e. The van der Waals surface area contributed by atoms with E-state index in [0.29, 0.717) is 34.7 Å². The molecule has 1 aromatic carbocycles. The Labute approximate surface area is 203 Å². The Kier molecular flexibility index (Phi) is 7.11. The topological polar surface area (TPSA) is 96.7 Å². The average Bonchev–Trinajstić information content (AvgIpc) is 3.23. The van der Waals surface area contributed by atoms with E-state index >= 15 is 0 Å². The summed E-state index contributed by atoms with van der Waals surface area (Å²) >= 11 is 0. The lowest BCUT2D eigenvalue weighted by Gasteiger charge is -2.38. The number of hydrogen-bond acceptors (Lipinski definition) is 8. The lowest BCUT2D eigenvalue weighted by atomic mass is 10.1. The number of aryl methyl sites for hydroxylation is 1. The highest BCUT2D eigenvalue weighted by Gasteiger charge is 2.23. The van der Waals surface area contributed by atoms with Gasteiger partial charge >= 0.3 is 0 Å². The Balaban J connectivity index is 0.000000189. The van der Waals surface area contributed by atoms with Crippen molar-refractivity contribution in [3.8, 4) is 5.88 Å². The molecule has 0 amide bonds. The van der Waals surface area contributed by atoms with Gasteiger partial charge in [0.05, 0.1) is 18.5 Å². The van der Waals surface area contributed by atoms with Crippen LogP contribution in [0, 0.1) is 12.7 Å². The predicted octanol–water partition coefficient (Wildman–Crippen LogP) is 3.46. The molecule has 0 radical (unpaired) electrons. The van der Waals surface area contributed by atoms with Gasteiger partial charge in [0.25, 0.3) is 0 Å². The van der Waals surface area contributed by atoms with Crippen LogP contribution in [-0.2, 0) is 0 Å². The quantitative estimate of drug-likeness (QED) is 0.430. The van der Waals surface area contributed by atoms with Crippen molar-refractivity contribution in [1.82, 2.24) is 24.9 Å². The van der Waals surface area contributed by atoms with Crippen LogP contribution in [0.4, 0.5) is 15.8 Å². The van der Waals surface area contributed by atoms with Crippen LogP contribution in [0.5, 0.6) is 5.88 Å². The zero-order valence-electron chi connectivity index (χ0n) is 20.5. The molecule has 4 heterocycles. The summed E-state index contributed by atoms with van der Waals surface area (Å²) in [4.78, 5) is 17.6. The molecule has 184 valence electrons. The van der Waals surface area contributed by atoms with Gasteiger partial charge in [-0.15, -0.1) is 10.2 Å². The largest absolute Gasteiger partial charge is 0.480 e. The Morgan fingerprint density at radius 3 is 2.57 bits per heavy atom. The number of benzene rings is 1. The number of imidazole rings is 1. The number of hydrogen-bond donors (Lipinski definition) is 2. The maximum atomic E-state index is 13.3. The zero-order valence-corrected chi connectivity index (χ0v) is 20.5. The van der Waals surface area contributed by atoms with Crippen LogP contribution in [-0.4, -0.2) is 65.2 Å². The van der Waals surface area contributed by atoms with Crippen LogP contribution in [0.3, 0.4) is 0 Å². The number of ether oxygens (including phenoxy) is 1. The summed E-state index contributed by atoms with van der Waals surface area (Å²) in [5.74, 6) is 0.146. The molecule has 2 N–H and O–H groups in total. The molecule has 1 saturated heterocycles. The van der Waals surface area contributed by atoms with Crippen molar-refractivity contribution in [2.45, 2.75) is 32.9 Å². The molecule has 1 fully saturated rings. The molecule has 3 aromatic heterocycles. The Hall–Kier alpha value is -3.79. The van der Waals surface area contributed by atoms with E-state index in [1.165, 1.54) is 6.07 Å². The van der Waals surface area contributed by atoms with Crippen LogP contribution in [0.1, 0.15) is 29.9 Å². The fourth-order valence-corrected chi connectivity index (χ4v) is 4.43. The molecule has 1 aliphatic heterocycles. The van der Waals surface area contributed by atoms with Gasteiger partial charge in [-0.2, -0.15) is 0 Å². The van der Waals surface area contributed by atoms with Crippen molar-refractivity contribution in [1.29, 1.82) is 0 Å². The highest BCUT2D eigenvalue weighted by atomic mass is 19.1. The maximum absolute atomic E-state index is 13.3. The van der Waals surface area contributed by atoms with E-state index in [2.05, 4.69) is 44.6 Å². The number of anilines is 2. The number of pyridine rings is 1. The number of piperazine rings is 1. The molecule has 0 bridgehead atoms. The number of nitrogens with zero attached hydrogens (tertiary/aromatic N) is 5. The van der Waals surface area contributed by atoms with Crippen LogP contribution in [0.25, 0.3) is 16.6 Å². The van der Waals surface area contributed by atoms with Gasteiger partial charge < -0.3 is 24.7 Å². The summed E-state index contributed by atoms with van der Waals surface area (Å²) < 4.78 is 20.2. The van der Waals surface area contributed by atoms with Gasteiger partial charge in [-0.1, -0.05) is 0 Å². The molecule has 2 unspecified atom stereocenters. The Bertz CT molecular complexity index is 1350. The summed E-state index contributed by atoms with van der Waals surface area (Å²) in [6, 6.07) is 7.88. The molecule has 1 aliphatic rings.